The van der Waals surface area contributed by atoms with E-state index in [0.717, 1.165) is 0 Å². The van der Waals surface area contributed by atoms with Crippen LogP contribution in [-0.4, -0.2) is 38.5 Å². The summed E-state index contributed by atoms with van der Waals surface area (Å²) in [5, 5.41) is 0. The second kappa shape index (κ2) is 7.28. The summed E-state index contributed by atoms with van der Waals surface area (Å²) in [5.41, 5.74) is 0.209. The maximum Gasteiger partial charge on any atom is 0.308 e. The second-order valence-corrected chi connectivity index (χ2v) is 4.01. The van der Waals surface area contributed by atoms with Crippen molar-refractivity contribution in [3.8, 4) is 17.2 Å². The van der Waals surface area contributed by atoms with E-state index in [2.05, 4.69) is 4.74 Å². The molecule has 0 aromatic heterocycles. The molecule has 0 N–H and O–H groups in total. The van der Waals surface area contributed by atoms with E-state index < -0.39 is 24.3 Å². The Labute approximate surface area is 121 Å². The van der Waals surface area contributed by atoms with Crippen LogP contribution in [0.5, 0.6) is 17.2 Å². The summed E-state index contributed by atoms with van der Waals surface area (Å²) < 4.78 is 19.8. The number of methoxy groups -OCH3 is 2. The zero-order valence-corrected chi connectivity index (χ0v) is 12.2. The van der Waals surface area contributed by atoms with Crippen molar-refractivity contribution in [1.29, 1.82) is 0 Å². The zero-order chi connectivity index (χ0) is 16.0. The predicted molar refractivity (Wildman–Crippen MR) is 71.8 cm³/mol. The first-order chi connectivity index (χ1) is 9.88. The van der Waals surface area contributed by atoms with Crippen molar-refractivity contribution in [2.24, 2.45) is 0 Å². The highest BCUT2D eigenvalue weighted by atomic mass is 16.6. The maximum absolute atomic E-state index is 11.9. The molecular weight excluding hydrogens is 280 g/mol. The molecule has 7 heteroatoms. The lowest BCUT2D eigenvalue weighted by atomic mass is 10.1. The number of esters is 2. The molecule has 114 valence electrons. The number of rotatable bonds is 6. The monoisotopic (exact) mass is 296 g/mol. The molecule has 0 saturated carbocycles. The van der Waals surface area contributed by atoms with Gasteiger partial charge in [0, 0.05) is 19.4 Å². The van der Waals surface area contributed by atoms with E-state index in [1.165, 1.54) is 40.2 Å². The van der Waals surface area contributed by atoms with E-state index in [1.54, 1.807) is 0 Å². The highest BCUT2D eigenvalue weighted by Gasteiger charge is 2.19. The Hall–Kier alpha value is -2.57. The molecule has 1 aromatic carbocycles. The van der Waals surface area contributed by atoms with Crippen LogP contribution in [-0.2, 0) is 14.3 Å². The molecular formula is C14H16O7. The molecule has 0 bridgehead atoms. The van der Waals surface area contributed by atoms with Crippen LogP contribution in [0.3, 0.4) is 0 Å². The Morgan fingerprint density at radius 1 is 0.952 bits per heavy atom. The van der Waals surface area contributed by atoms with E-state index in [1.807, 2.05) is 0 Å². The first kappa shape index (κ1) is 16.5. The minimum absolute atomic E-state index is 0.0801. The van der Waals surface area contributed by atoms with Gasteiger partial charge in [-0.3, -0.25) is 14.4 Å². The van der Waals surface area contributed by atoms with Gasteiger partial charge in [-0.05, 0) is 12.1 Å². The number of carbonyl (C=O) groups excluding carboxylic acids is 3. The number of ketones is 1. The van der Waals surface area contributed by atoms with Crippen molar-refractivity contribution in [2.45, 2.75) is 13.8 Å². The lowest BCUT2D eigenvalue weighted by molar-refractivity contribution is -0.139. The molecule has 0 atom stereocenters. The van der Waals surface area contributed by atoms with Crippen LogP contribution in [0.1, 0.15) is 24.2 Å². The van der Waals surface area contributed by atoms with E-state index in [9.17, 15) is 14.4 Å². The number of ether oxygens (including phenoxy) is 4. The Balaban J connectivity index is 3.16. The van der Waals surface area contributed by atoms with Crippen molar-refractivity contribution in [1.82, 2.24) is 0 Å². The smallest absolute Gasteiger partial charge is 0.308 e. The molecule has 21 heavy (non-hydrogen) atoms. The Morgan fingerprint density at radius 3 is 1.86 bits per heavy atom. The normalized spacial score (nSPS) is 9.71. The van der Waals surface area contributed by atoms with Crippen LogP contribution < -0.4 is 14.2 Å². The van der Waals surface area contributed by atoms with Crippen molar-refractivity contribution in [3.05, 3.63) is 17.7 Å². The van der Waals surface area contributed by atoms with E-state index in [0.29, 0.717) is 0 Å². The van der Waals surface area contributed by atoms with Gasteiger partial charge in [0.25, 0.3) is 0 Å². The van der Waals surface area contributed by atoms with Gasteiger partial charge in [0.1, 0.15) is 0 Å². The SMILES string of the molecule is COc1cc(C(=O)COC(C)=O)cc(OC)c1OC(C)=O. The van der Waals surface area contributed by atoms with Crippen molar-refractivity contribution >= 4 is 17.7 Å². The van der Waals surface area contributed by atoms with Gasteiger partial charge in [0.05, 0.1) is 14.2 Å². The van der Waals surface area contributed by atoms with Crippen molar-refractivity contribution < 1.29 is 33.3 Å². The summed E-state index contributed by atoms with van der Waals surface area (Å²) in [7, 11) is 2.73. The summed E-state index contributed by atoms with van der Waals surface area (Å²) >= 11 is 0. The molecule has 1 aromatic rings. The van der Waals surface area contributed by atoms with Crippen molar-refractivity contribution in [2.75, 3.05) is 20.8 Å². The Morgan fingerprint density at radius 2 is 1.48 bits per heavy atom. The topological polar surface area (TPSA) is 88.1 Å². The molecule has 0 aliphatic carbocycles. The molecule has 1 rings (SSSR count). The van der Waals surface area contributed by atoms with E-state index in [-0.39, 0.29) is 22.8 Å². The van der Waals surface area contributed by atoms with Crippen LogP contribution in [0.4, 0.5) is 0 Å². The molecule has 0 saturated heterocycles. The molecule has 0 amide bonds. The molecule has 0 aliphatic heterocycles. The first-order valence-electron chi connectivity index (χ1n) is 6.00. The second-order valence-electron chi connectivity index (χ2n) is 4.01. The number of Topliss-reactive ketones (excluding diaryl/α,β-unsaturated/α-hetero) is 1. The molecule has 0 fully saturated rings. The molecule has 0 aliphatic rings. The third-order valence-electron chi connectivity index (χ3n) is 2.43. The fourth-order valence-corrected chi connectivity index (χ4v) is 1.54. The fraction of sp³-hybridized carbons (Fsp3) is 0.357. The largest absolute Gasteiger partial charge is 0.493 e. The fourth-order valence-electron chi connectivity index (χ4n) is 1.54. The van der Waals surface area contributed by atoms with Crippen LogP contribution >= 0.6 is 0 Å². The summed E-state index contributed by atoms with van der Waals surface area (Å²) in [6.45, 7) is 2.05. The quantitative estimate of drug-likeness (QED) is 0.445. The average molecular weight is 296 g/mol. The summed E-state index contributed by atoms with van der Waals surface area (Å²) in [6.07, 6.45) is 0. The molecule has 0 heterocycles. The van der Waals surface area contributed by atoms with Gasteiger partial charge in [0.15, 0.2) is 18.1 Å². The Bertz CT molecular complexity index is 537. The highest BCUT2D eigenvalue weighted by molar-refractivity contribution is 5.99. The van der Waals surface area contributed by atoms with Gasteiger partial charge in [-0.15, -0.1) is 0 Å². The Kier molecular flexibility index (Phi) is 5.71. The third kappa shape index (κ3) is 4.48. The van der Waals surface area contributed by atoms with Gasteiger partial charge < -0.3 is 18.9 Å². The number of carbonyl (C=O) groups is 3. The van der Waals surface area contributed by atoms with Crippen LogP contribution in [0.25, 0.3) is 0 Å². The van der Waals surface area contributed by atoms with Gasteiger partial charge in [-0.25, -0.2) is 0 Å². The summed E-state index contributed by atoms with van der Waals surface area (Å²) in [6, 6.07) is 2.76. The van der Waals surface area contributed by atoms with Gasteiger partial charge >= 0.3 is 11.9 Å². The maximum atomic E-state index is 11.9. The molecule has 7 nitrogen and oxygen atoms in total. The van der Waals surface area contributed by atoms with E-state index in [4.69, 9.17) is 14.2 Å². The van der Waals surface area contributed by atoms with Crippen LogP contribution in [0.15, 0.2) is 12.1 Å². The molecule has 0 radical (unpaired) electrons. The first-order valence-corrected chi connectivity index (χ1v) is 6.00. The minimum Gasteiger partial charge on any atom is -0.493 e. The van der Waals surface area contributed by atoms with Crippen molar-refractivity contribution in [3.63, 3.8) is 0 Å². The lowest BCUT2D eigenvalue weighted by Gasteiger charge is -2.14. The van der Waals surface area contributed by atoms with Gasteiger partial charge in [-0.2, -0.15) is 0 Å². The minimum atomic E-state index is -0.557. The molecule has 0 spiro atoms. The third-order valence-corrected chi connectivity index (χ3v) is 2.43. The molecule has 0 unspecified atom stereocenters. The number of hydrogen-bond donors (Lipinski definition) is 0. The van der Waals surface area contributed by atoms with Gasteiger partial charge in [0.2, 0.25) is 11.5 Å². The summed E-state index contributed by atoms with van der Waals surface area (Å²) in [5.74, 6) is -1.14. The number of benzene rings is 1. The van der Waals surface area contributed by atoms with E-state index >= 15 is 0 Å². The lowest BCUT2D eigenvalue weighted by Crippen LogP contribution is -2.13. The highest BCUT2D eigenvalue weighted by Crippen LogP contribution is 2.38. The average Bonchev–Trinajstić information content (AvgIpc) is 2.44. The zero-order valence-electron chi connectivity index (χ0n) is 12.2. The van der Waals surface area contributed by atoms with Gasteiger partial charge in [-0.1, -0.05) is 0 Å². The predicted octanol–water partition coefficient (Wildman–Crippen LogP) is 1.37. The van der Waals surface area contributed by atoms with Crippen LogP contribution in [0, 0.1) is 0 Å². The standard InChI is InChI=1S/C14H16O7/c1-8(15)20-7-11(17)10-5-12(18-3)14(21-9(2)16)13(6-10)19-4/h5-6H,7H2,1-4H3. The number of hydrogen-bond acceptors (Lipinski definition) is 7. The summed E-state index contributed by atoms with van der Waals surface area (Å²) in [4.78, 5) is 33.7. The van der Waals surface area contributed by atoms with Crippen LogP contribution in [0.2, 0.25) is 0 Å².